The number of hydrogen-bond acceptors (Lipinski definition) is 3. The Morgan fingerprint density at radius 1 is 1.33 bits per heavy atom. The molecular formula is C14H25ClN2S. The summed E-state index contributed by atoms with van der Waals surface area (Å²) >= 11 is 1.92. The number of thiophene rings is 1. The quantitative estimate of drug-likeness (QED) is 0.917. The number of hydrogen-bond donors (Lipinski definition) is 1. The fraction of sp³-hybridized carbons (Fsp3) is 0.714. The first kappa shape index (κ1) is 16.0. The summed E-state index contributed by atoms with van der Waals surface area (Å²) in [4.78, 5) is 5.47. The molecule has 2 heterocycles. The van der Waals surface area contributed by atoms with E-state index in [1.165, 1.54) is 47.7 Å². The van der Waals surface area contributed by atoms with Crippen LogP contribution in [-0.2, 0) is 6.54 Å². The number of aryl methyl sites for hydroxylation is 2. The van der Waals surface area contributed by atoms with E-state index in [0.717, 1.165) is 12.6 Å². The largest absolute Gasteiger partial charge is 0.317 e. The van der Waals surface area contributed by atoms with Crippen LogP contribution in [0.1, 0.15) is 34.6 Å². The maximum atomic E-state index is 3.49. The van der Waals surface area contributed by atoms with Crippen molar-refractivity contribution in [3.05, 3.63) is 21.4 Å². The van der Waals surface area contributed by atoms with Gasteiger partial charge in [-0.2, -0.15) is 0 Å². The molecule has 104 valence electrons. The van der Waals surface area contributed by atoms with E-state index < -0.39 is 0 Å². The SMILES string of the molecule is Cc1cc(CN(C)C2CCCNCC2)c(C)s1.Cl. The van der Waals surface area contributed by atoms with Crippen LogP contribution in [0.5, 0.6) is 0 Å². The lowest BCUT2D eigenvalue weighted by molar-refractivity contribution is 0.216. The zero-order valence-electron chi connectivity index (χ0n) is 11.7. The Morgan fingerprint density at radius 3 is 2.78 bits per heavy atom. The van der Waals surface area contributed by atoms with Gasteiger partial charge in [0.05, 0.1) is 0 Å². The second kappa shape index (κ2) is 7.49. The molecule has 0 saturated carbocycles. The molecule has 0 spiro atoms. The summed E-state index contributed by atoms with van der Waals surface area (Å²) in [6.07, 6.45) is 3.95. The van der Waals surface area contributed by atoms with Crippen LogP contribution in [0.3, 0.4) is 0 Å². The molecule has 1 aromatic heterocycles. The molecule has 1 saturated heterocycles. The average molecular weight is 289 g/mol. The van der Waals surface area contributed by atoms with E-state index in [2.05, 4.69) is 37.2 Å². The first-order valence-corrected chi connectivity index (χ1v) is 7.45. The molecule has 0 radical (unpaired) electrons. The van der Waals surface area contributed by atoms with Crippen LogP contribution in [0.15, 0.2) is 6.07 Å². The van der Waals surface area contributed by atoms with E-state index >= 15 is 0 Å². The molecule has 0 aliphatic carbocycles. The molecule has 0 bridgehead atoms. The minimum Gasteiger partial charge on any atom is -0.317 e. The van der Waals surface area contributed by atoms with Crippen molar-refractivity contribution in [2.45, 2.75) is 45.7 Å². The van der Waals surface area contributed by atoms with Crippen molar-refractivity contribution >= 4 is 23.7 Å². The molecule has 18 heavy (non-hydrogen) atoms. The van der Waals surface area contributed by atoms with Crippen molar-refractivity contribution in [3.63, 3.8) is 0 Å². The van der Waals surface area contributed by atoms with Gasteiger partial charge in [-0.15, -0.1) is 23.7 Å². The molecule has 0 amide bonds. The van der Waals surface area contributed by atoms with Crippen LogP contribution in [0.4, 0.5) is 0 Å². The first-order chi connectivity index (χ1) is 8.16. The van der Waals surface area contributed by atoms with Gasteiger partial charge in [-0.3, -0.25) is 4.90 Å². The van der Waals surface area contributed by atoms with Crippen molar-refractivity contribution in [3.8, 4) is 0 Å². The van der Waals surface area contributed by atoms with Gasteiger partial charge in [-0.25, -0.2) is 0 Å². The maximum Gasteiger partial charge on any atom is 0.0244 e. The van der Waals surface area contributed by atoms with Crippen molar-refractivity contribution in [2.24, 2.45) is 0 Å². The van der Waals surface area contributed by atoms with E-state index in [4.69, 9.17) is 0 Å². The maximum absolute atomic E-state index is 3.49. The molecule has 1 atom stereocenters. The van der Waals surface area contributed by atoms with Crippen molar-refractivity contribution in [1.29, 1.82) is 0 Å². The first-order valence-electron chi connectivity index (χ1n) is 6.63. The second-order valence-corrected chi connectivity index (χ2v) is 6.65. The number of nitrogens with zero attached hydrogens (tertiary/aromatic N) is 1. The van der Waals surface area contributed by atoms with Crippen LogP contribution in [-0.4, -0.2) is 31.1 Å². The summed E-state index contributed by atoms with van der Waals surface area (Å²) in [6.45, 7) is 7.94. The van der Waals surface area contributed by atoms with Crippen LogP contribution >= 0.6 is 23.7 Å². The molecule has 1 unspecified atom stereocenters. The lowest BCUT2D eigenvalue weighted by Crippen LogP contribution is -2.32. The minimum absolute atomic E-state index is 0. The number of halogens is 1. The van der Waals surface area contributed by atoms with E-state index in [0.29, 0.717) is 0 Å². The lowest BCUT2D eigenvalue weighted by Gasteiger charge is -2.26. The van der Waals surface area contributed by atoms with Crippen LogP contribution < -0.4 is 5.32 Å². The van der Waals surface area contributed by atoms with E-state index in [1.54, 1.807) is 0 Å². The fourth-order valence-electron chi connectivity index (χ4n) is 2.68. The van der Waals surface area contributed by atoms with Gasteiger partial charge < -0.3 is 5.32 Å². The highest BCUT2D eigenvalue weighted by molar-refractivity contribution is 7.12. The molecule has 1 aliphatic rings. The van der Waals surface area contributed by atoms with Crippen LogP contribution in [0, 0.1) is 13.8 Å². The second-order valence-electron chi connectivity index (χ2n) is 5.19. The van der Waals surface area contributed by atoms with Gasteiger partial charge in [0.2, 0.25) is 0 Å². The summed E-state index contributed by atoms with van der Waals surface area (Å²) in [5, 5.41) is 3.49. The van der Waals surface area contributed by atoms with E-state index in [9.17, 15) is 0 Å². The molecule has 0 aromatic carbocycles. The van der Waals surface area contributed by atoms with Crippen LogP contribution in [0.25, 0.3) is 0 Å². The van der Waals surface area contributed by atoms with Crippen molar-refractivity contribution in [2.75, 3.05) is 20.1 Å². The molecule has 1 aliphatic heterocycles. The van der Waals surface area contributed by atoms with Crippen LogP contribution in [0.2, 0.25) is 0 Å². The molecule has 1 fully saturated rings. The summed E-state index contributed by atoms with van der Waals surface area (Å²) in [5.41, 5.74) is 1.52. The fourth-order valence-corrected chi connectivity index (χ4v) is 3.62. The highest BCUT2D eigenvalue weighted by Gasteiger charge is 2.17. The number of rotatable bonds is 3. The Hall–Kier alpha value is -0.0900. The van der Waals surface area contributed by atoms with Gasteiger partial charge >= 0.3 is 0 Å². The third-order valence-corrected chi connectivity index (χ3v) is 4.74. The summed E-state index contributed by atoms with van der Waals surface area (Å²) in [5.74, 6) is 0. The average Bonchev–Trinajstić information content (AvgIpc) is 2.54. The predicted molar refractivity (Wildman–Crippen MR) is 83.0 cm³/mol. The highest BCUT2D eigenvalue weighted by Crippen LogP contribution is 2.23. The topological polar surface area (TPSA) is 15.3 Å². The summed E-state index contributed by atoms with van der Waals surface area (Å²) in [7, 11) is 2.28. The minimum atomic E-state index is 0. The summed E-state index contributed by atoms with van der Waals surface area (Å²) in [6, 6.07) is 3.11. The standard InChI is InChI=1S/C14H24N2S.ClH/c1-11-9-13(12(2)17-11)10-16(3)14-5-4-7-15-8-6-14;/h9,14-15H,4-8,10H2,1-3H3;1H. The van der Waals surface area contributed by atoms with E-state index in [1.807, 2.05) is 11.3 Å². The van der Waals surface area contributed by atoms with Gasteiger partial charge in [0.25, 0.3) is 0 Å². The van der Waals surface area contributed by atoms with Gasteiger partial charge in [0.15, 0.2) is 0 Å². The number of nitrogens with one attached hydrogen (secondary N) is 1. The van der Waals surface area contributed by atoms with E-state index in [-0.39, 0.29) is 12.4 Å². The third-order valence-electron chi connectivity index (χ3n) is 3.73. The molecule has 1 aromatic rings. The van der Waals surface area contributed by atoms with Gasteiger partial charge in [0.1, 0.15) is 0 Å². The third kappa shape index (κ3) is 4.23. The lowest BCUT2D eigenvalue weighted by atomic mass is 10.1. The van der Waals surface area contributed by atoms with Gasteiger partial charge in [0, 0.05) is 22.3 Å². The Morgan fingerprint density at radius 2 is 2.11 bits per heavy atom. The monoisotopic (exact) mass is 288 g/mol. The Labute approximate surface area is 121 Å². The Balaban J connectivity index is 0.00000162. The Bertz CT molecular complexity index is 357. The molecule has 2 rings (SSSR count). The van der Waals surface area contributed by atoms with Gasteiger partial charge in [-0.1, -0.05) is 0 Å². The van der Waals surface area contributed by atoms with Gasteiger partial charge in [-0.05, 0) is 64.9 Å². The molecule has 2 nitrogen and oxygen atoms in total. The smallest absolute Gasteiger partial charge is 0.0244 e. The zero-order chi connectivity index (χ0) is 12.3. The zero-order valence-corrected chi connectivity index (χ0v) is 13.3. The molecule has 1 N–H and O–H groups in total. The predicted octanol–water partition coefficient (Wildman–Crippen LogP) is 3.36. The van der Waals surface area contributed by atoms with Crippen molar-refractivity contribution in [1.82, 2.24) is 10.2 Å². The normalized spacial score (nSPS) is 20.6. The molecule has 4 heteroatoms. The Kier molecular flexibility index (Phi) is 6.64. The highest BCUT2D eigenvalue weighted by atomic mass is 35.5. The molecular weight excluding hydrogens is 264 g/mol. The van der Waals surface area contributed by atoms with Crippen molar-refractivity contribution < 1.29 is 0 Å². The summed E-state index contributed by atoms with van der Waals surface area (Å²) < 4.78 is 0.